The second-order valence-electron chi connectivity index (χ2n) is 4.88. The number of benzene rings is 1. The van der Waals surface area contributed by atoms with Crippen LogP contribution in [-0.4, -0.2) is 10.1 Å². The van der Waals surface area contributed by atoms with Gasteiger partial charge in [-0.25, -0.2) is 0 Å². The fourth-order valence-corrected chi connectivity index (χ4v) is 3.52. The van der Waals surface area contributed by atoms with Crippen molar-refractivity contribution >= 4 is 21.4 Å². The summed E-state index contributed by atoms with van der Waals surface area (Å²) in [6.45, 7) is 2.09. The van der Waals surface area contributed by atoms with Crippen molar-refractivity contribution in [2.24, 2.45) is 0 Å². The van der Waals surface area contributed by atoms with Crippen LogP contribution in [-0.2, 0) is 12.8 Å². The molecule has 20 heavy (non-hydrogen) atoms. The SMILES string of the molecule is CCc1cccnc1C(O)Cc1csc2ccccc12. The minimum atomic E-state index is -0.538. The van der Waals surface area contributed by atoms with Gasteiger partial charge in [0.05, 0.1) is 5.69 Å². The molecule has 0 aliphatic carbocycles. The summed E-state index contributed by atoms with van der Waals surface area (Å²) in [5, 5.41) is 13.9. The molecule has 2 aromatic heterocycles. The Morgan fingerprint density at radius 3 is 2.85 bits per heavy atom. The van der Waals surface area contributed by atoms with Gasteiger partial charge in [-0.3, -0.25) is 4.98 Å². The smallest absolute Gasteiger partial charge is 0.100 e. The Morgan fingerprint density at radius 2 is 2.00 bits per heavy atom. The van der Waals surface area contributed by atoms with E-state index in [1.807, 2.05) is 24.3 Å². The standard InChI is InChI=1S/C17H17NOS/c1-2-12-6-5-9-18-17(12)15(19)10-13-11-20-16-8-4-3-7-14(13)16/h3-9,11,15,19H,2,10H2,1H3. The van der Waals surface area contributed by atoms with E-state index in [0.717, 1.165) is 17.7 Å². The van der Waals surface area contributed by atoms with Gasteiger partial charge < -0.3 is 5.11 Å². The van der Waals surface area contributed by atoms with Crippen molar-refractivity contribution in [1.82, 2.24) is 4.98 Å². The average molecular weight is 283 g/mol. The number of pyridine rings is 1. The summed E-state index contributed by atoms with van der Waals surface area (Å²) < 4.78 is 1.27. The molecule has 0 radical (unpaired) electrons. The van der Waals surface area contributed by atoms with E-state index in [9.17, 15) is 5.11 Å². The molecule has 1 atom stereocenters. The summed E-state index contributed by atoms with van der Waals surface area (Å²) in [6.07, 6.45) is 2.73. The van der Waals surface area contributed by atoms with Gasteiger partial charge in [0.1, 0.15) is 6.10 Å². The van der Waals surface area contributed by atoms with E-state index in [-0.39, 0.29) is 0 Å². The minimum absolute atomic E-state index is 0.538. The first kappa shape index (κ1) is 13.3. The first-order chi connectivity index (χ1) is 9.79. The Bertz CT molecular complexity index is 720. The highest BCUT2D eigenvalue weighted by molar-refractivity contribution is 7.17. The molecule has 0 aliphatic rings. The van der Waals surface area contributed by atoms with Crippen molar-refractivity contribution in [3.63, 3.8) is 0 Å². The highest BCUT2D eigenvalue weighted by Crippen LogP contribution is 2.29. The number of nitrogens with zero attached hydrogens (tertiary/aromatic N) is 1. The van der Waals surface area contributed by atoms with Crippen LogP contribution in [0.15, 0.2) is 48.0 Å². The van der Waals surface area contributed by atoms with Crippen LogP contribution in [0.4, 0.5) is 0 Å². The number of hydrogen-bond donors (Lipinski definition) is 1. The molecule has 2 heterocycles. The van der Waals surface area contributed by atoms with Gasteiger partial charge in [0.15, 0.2) is 0 Å². The molecule has 0 spiro atoms. The Balaban J connectivity index is 1.90. The van der Waals surface area contributed by atoms with Crippen LogP contribution >= 0.6 is 11.3 Å². The predicted octanol–water partition coefficient (Wildman–Crippen LogP) is 4.13. The zero-order valence-corrected chi connectivity index (χ0v) is 12.2. The lowest BCUT2D eigenvalue weighted by Gasteiger charge is -2.13. The molecule has 2 nitrogen and oxygen atoms in total. The molecule has 0 amide bonds. The van der Waals surface area contributed by atoms with Crippen LogP contribution in [0.2, 0.25) is 0 Å². The number of rotatable bonds is 4. The maximum Gasteiger partial charge on any atom is 0.100 e. The third kappa shape index (κ3) is 2.47. The average Bonchev–Trinajstić information content (AvgIpc) is 2.90. The number of fused-ring (bicyclic) bond motifs is 1. The number of hydrogen-bond acceptors (Lipinski definition) is 3. The highest BCUT2D eigenvalue weighted by Gasteiger charge is 2.15. The Labute approximate surface area is 122 Å². The van der Waals surface area contributed by atoms with Gasteiger partial charge in [0.25, 0.3) is 0 Å². The molecule has 0 fully saturated rings. The second kappa shape index (κ2) is 5.73. The van der Waals surface area contributed by atoms with Gasteiger partial charge in [-0.2, -0.15) is 0 Å². The summed E-state index contributed by atoms with van der Waals surface area (Å²) in [7, 11) is 0. The van der Waals surface area contributed by atoms with Crippen molar-refractivity contribution in [2.75, 3.05) is 0 Å². The van der Waals surface area contributed by atoms with E-state index >= 15 is 0 Å². The van der Waals surface area contributed by atoms with Crippen LogP contribution in [0.5, 0.6) is 0 Å². The molecular formula is C17H17NOS. The topological polar surface area (TPSA) is 33.1 Å². The fourth-order valence-electron chi connectivity index (χ4n) is 2.55. The summed E-state index contributed by atoms with van der Waals surface area (Å²) in [5.74, 6) is 0. The number of aromatic nitrogens is 1. The second-order valence-corrected chi connectivity index (χ2v) is 5.79. The molecule has 0 saturated heterocycles. The lowest BCUT2D eigenvalue weighted by molar-refractivity contribution is 0.173. The monoisotopic (exact) mass is 283 g/mol. The lowest BCUT2D eigenvalue weighted by atomic mass is 10.0. The first-order valence-corrected chi connectivity index (χ1v) is 7.74. The van der Waals surface area contributed by atoms with E-state index in [2.05, 4.69) is 29.4 Å². The molecule has 1 N–H and O–H groups in total. The quantitative estimate of drug-likeness (QED) is 0.781. The number of aryl methyl sites for hydroxylation is 1. The largest absolute Gasteiger partial charge is 0.386 e. The third-order valence-electron chi connectivity index (χ3n) is 3.60. The van der Waals surface area contributed by atoms with Crippen molar-refractivity contribution in [3.05, 3.63) is 64.8 Å². The van der Waals surface area contributed by atoms with Gasteiger partial charge in [0, 0.05) is 17.3 Å². The molecule has 102 valence electrons. The lowest BCUT2D eigenvalue weighted by Crippen LogP contribution is -2.07. The maximum atomic E-state index is 10.5. The Hall–Kier alpha value is -1.71. The molecule has 0 bridgehead atoms. The van der Waals surface area contributed by atoms with Gasteiger partial charge in [0.2, 0.25) is 0 Å². The summed E-state index contributed by atoms with van der Waals surface area (Å²) >= 11 is 1.73. The zero-order valence-electron chi connectivity index (χ0n) is 11.4. The zero-order chi connectivity index (χ0) is 13.9. The van der Waals surface area contributed by atoms with Crippen LogP contribution in [0.3, 0.4) is 0 Å². The van der Waals surface area contributed by atoms with Gasteiger partial charge >= 0.3 is 0 Å². The van der Waals surface area contributed by atoms with Crippen molar-refractivity contribution < 1.29 is 5.11 Å². The molecule has 1 unspecified atom stereocenters. The van der Waals surface area contributed by atoms with Gasteiger partial charge in [-0.15, -0.1) is 11.3 Å². The minimum Gasteiger partial charge on any atom is -0.386 e. The number of aliphatic hydroxyl groups excluding tert-OH is 1. The summed E-state index contributed by atoms with van der Waals surface area (Å²) in [4.78, 5) is 4.36. The number of thiophene rings is 1. The predicted molar refractivity (Wildman–Crippen MR) is 84.1 cm³/mol. The summed E-state index contributed by atoms with van der Waals surface area (Å²) in [5.41, 5.74) is 3.13. The van der Waals surface area contributed by atoms with E-state index in [0.29, 0.717) is 6.42 Å². The molecule has 1 aromatic carbocycles. The molecule has 0 aliphatic heterocycles. The van der Waals surface area contributed by atoms with Crippen LogP contribution in [0.25, 0.3) is 10.1 Å². The normalized spacial score (nSPS) is 12.7. The van der Waals surface area contributed by atoms with Crippen molar-refractivity contribution in [1.29, 1.82) is 0 Å². The highest BCUT2D eigenvalue weighted by atomic mass is 32.1. The van der Waals surface area contributed by atoms with Crippen molar-refractivity contribution in [2.45, 2.75) is 25.9 Å². The van der Waals surface area contributed by atoms with E-state index in [4.69, 9.17) is 0 Å². The Morgan fingerprint density at radius 1 is 1.15 bits per heavy atom. The third-order valence-corrected chi connectivity index (χ3v) is 4.61. The summed E-state index contributed by atoms with van der Waals surface area (Å²) in [6, 6.07) is 12.3. The van der Waals surface area contributed by atoms with E-state index in [1.54, 1.807) is 17.5 Å². The maximum absolute atomic E-state index is 10.5. The molecular weight excluding hydrogens is 266 g/mol. The van der Waals surface area contributed by atoms with Crippen molar-refractivity contribution in [3.8, 4) is 0 Å². The number of aliphatic hydroxyl groups is 1. The molecule has 3 rings (SSSR count). The van der Waals surface area contributed by atoms with Crippen LogP contribution < -0.4 is 0 Å². The van der Waals surface area contributed by atoms with E-state index < -0.39 is 6.10 Å². The van der Waals surface area contributed by atoms with E-state index in [1.165, 1.54) is 15.6 Å². The van der Waals surface area contributed by atoms with Gasteiger partial charge in [-0.1, -0.05) is 31.2 Å². The molecule has 3 aromatic rings. The van der Waals surface area contributed by atoms with Crippen LogP contribution in [0.1, 0.15) is 29.8 Å². The first-order valence-electron chi connectivity index (χ1n) is 6.86. The van der Waals surface area contributed by atoms with Gasteiger partial charge in [-0.05, 0) is 40.4 Å². The Kier molecular flexibility index (Phi) is 3.81. The molecule has 3 heteroatoms. The van der Waals surface area contributed by atoms with Crippen LogP contribution in [0, 0.1) is 0 Å². The fraction of sp³-hybridized carbons (Fsp3) is 0.235. The molecule has 0 saturated carbocycles.